The smallest absolute Gasteiger partial charge is 0.173 e. The van der Waals surface area contributed by atoms with Crippen LogP contribution in [0, 0.1) is 11.8 Å². The van der Waals surface area contributed by atoms with Gasteiger partial charge in [0.05, 0.1) is 11.8 Å². The van der Waals surface area contributed by atoms with Gasteiger partial charge in [-0.2, -0.15) is 5.10 Å². The monoisotopic (exact) mass is 222 g/mol. The maximum Gasteiger partial charge on any atom is 0.173 e. The zero-order valence-electron chi connectivity index (χ0n) is 9.50. The number of rotatable bonds is 1. The van der Waals surface area contributed by atoms with Crippen molar-refractivity contribution in [2.75, 3.05) is 23.7 Å². The maximum absolute atomic E-state index is 9.86. The predicted molar refractivity (Wildman–Crippen MR) is 62.1 cm³/mol. The lowest BCUT2D eigenvalue weighted by Crippen LogP contribution is -2.25. The molecule has 88 valence electrons. The van der Waals surface area contributed by atoms with Gasteiger partial charge >= 0.3 is 0 Å². The number of fused-ring (bicyclic) bond motifs is 1. The number of nitrogen functional groups attached to an aromatic ring is 1. The molecule has 1 aromatic rings. The molecule has 0 amide bonds. The van der Waals surface area contributed by atoms with Gasteiger partial charge in [-0.1, -0.05) is 0 Å². The van der Waals surface area contributed by atoms with E-state index in [0.29, 0.717) is 11.8 Å². The van der Waals surface area contributed by atoms with Crippen molar-refractivity contribution in [2.45, 2.75) is 18.9 Å². The fraction of sp³-hybridized carbons (Fsp3) is 0.727. The first-order valence-electron chi connectivity index (χ1n) is 5.87. The van der Waals surface area contributed by atoms with E-state index in [-0.39, 0.29) is 6.10 Å². The summed E-state index contributed by atoms with van der Waals surface area (Å²) < 4.78 is 1.75. The molecule has 3 unspecified atom stereocenters. The minimum Gasteiger partial charge on any atom is -0.394 e. The second-order valence-electron chi connectivity index (χ2n) is 5.06. The summed E-state index contributed by atoms with van der Waals surface area (Å²) in [6.07, 6.45) is 3.80. The van der Waals surface area contributed by atoms with Crippen molar-refractivity contribution in [3.05, 3.63) is 6.20 Å². The lowest BCUT2D eigenvalue weighted by Gasteiger charge is -2.18. The Balaban J connectivity index is 1.81. The molecule has 1 aliphatic heterocycles. The second kappa shape index (κ2) is 3.38. The van der Waals surface area contributed by atoms with E-state index in [1.165, 1.54) is 0 Å². The van der Waals surface area contributed by atoms with Gasteiger partial charge in [0.1, 0.15) is 0 Å². The zero-order chi connectivity index (χ0) is 11.3. The van der Waals surface area contributed by atoms with E-state index in [9.17, 15) is 5.11 Å². The van der Waals surface area contributed by atoms with E-state index >= 15 is 0 Å². The normalized spacial score (nSPS) is 33.4. The van der Waals surface area contributed by atoms with Crippen LogP contribution in [-0.2, 0) is 7.05 Å². The second-order valence-corrected chi connectivity index (χ2v) is 5.06. The largest absolute Gasteiger partial charge is 0.394 e. The van der Waals surface area contributed by atoms with Gasteiger partial charge in [-0.3, -0.25) is 4.68 Å². The van der Waals surface area contributed by atoms with Crippen LogP contribution in [0.5, 0.6) is 0 Å². The van der Waals surface area contributed by atoms with Gasteiger partial charge in [0, 0.05) is 32.3 Å². The number of anilines is 2. The summed E-state index contributed by atoms with van der Waals surface area (Å²) in [6.45, 7) is 1.88. The first-order chi connectivity index (χ1) is 7.65. The molecule has 0 aromatic carbocycles. The summed E-state index contributed by atoms with van der Waals surface area (Å²) in [5.41, 5.74) is 6.65. The number of aliphatic hydroxyl groups is 1. The summed E-state index contributed by atoms with van der Waals surface area (Å²) in [4.78, 5) is 2.22. The van der Waals surface area contributed by atoms with E-state index in [1.807, 2.05) is 13.2 Å². The number of nitrogens with zero attached hydrogens (tertiary/aromatic N) is 3. The molecule has 2 aliphatic rings. The molecule has 5 heteroatoms. The molecule has 1 saturated heterocycles. The number of aromatic nitrogens is 2. The predicted octanol–water partition coefficient (Wildman–Crippen LogP) is 0.209. The Bertz CT molecular complexity index is 403. The van der Waals surface area contributed by atoms with E-state index in [1.54, 1.807) is 4.68 Å². The Morgan fingerprint density at radius 1 is 1.44 bits per heavy atom. The van der Waals surface area contributed by atoms with Crippen molar-refractivity contribution in [3.63, 3.8) is 0 Å². The molecule has 1 aromatic heterocycles. The average molecular weight is 222 g/mol. The topological polar surface area (TPSA) is 67.3 Å². The average Bonchev–Trinajstić information content (AvgIpc) is 2.84. The number of nitrogens with two attached hydrogens (primary N) is 1. The number of aliphatic hydroxyl groups excluding tert-OH is 1. The van der Waals surface area contributed by atoms with Gasteiger partial charge in [-0.15, -0.1) is 0 Å². The van der Waals surface area contributed by atoms with Crippen molar-refractivity contribution >= 4 is 11.5 Å². The molecule has 5 nitrogen and oxygen atoms in total. The van der Waals surface area contributed by atoms with E-state index in [4.69, 9.17) is 5.73 Å². The third-order valence-electron chi connectivity index (χ3n) is 3.96. The third-order valence-corrected chi connectivity index (χ3v) is 3.96. The minimum atomic E-state index is -0.125. The maximum atomic E-state index is 9.86. The molecule has 1 aliphatic carbocycles. The van der Waals surface area contributed by atoms with Crippen molar-refractivity contribution < 1.29 is 5.11 Å². The lowest BCUT2D eigenvalue weighted by molar-refractivity contribution is 0.133. The third kappa shape index (κ3) is 1.38. The summed E-state index contributed by atoms with van der Waals surface area (Å²) in [6, 6.07) is 0. The van der Waals surface area contributed by atoms with Crippen LogP contribution in [0.25, 0.3) is 0 Å². The van der Waals surface area contributed by atoms with Crippen LogP contribution in [-0.4, -0.2) is 34.1 Å². The van der Waals surface area contributed by atoms with Crippen LogP contribution in [0.2, 0.25) is 0 Å². The highest BCUT2D eigenvalue weighted by Gasteiger charge is 2.42. The van der Waals surface area contributed by atoms with Crippen LogP contribution >= 0.6 is 0 Å². The van der Waals surface area contributed by atoms with Crippen LogP contribution in [0.15, 0.2) is 6.20 Å². The van der Waals surface area contributed by atoms with Crippen LogP contribution in [0.3, 0.4) is 0 Å². The summed E-state index contributed by atoms with van der Waals surface area (Å²) in [7, 11) is 1.88. The first-order valence-corrected chi connectivity index (χ1v) is 5.87. The van der Waals surface area contributed by atoms with Crippen LogP contribution < -0.4 is 10.6 Å². The number of hydrogen-bond donors (Lipinski definition) is 2. The van der Waals surface area contributed by atoms with Gasteiger partial charge in [0.25, 0.3) is 0 Å². The standard InChI is InChI=1S/C11H18N4O/c1-14-6-9(12)11(13-14)15-4-7-2-3-10(16)8(7)5-15/h6-8,10,16H,2-5,12H2,1H3. The molecule has 3 N–H and O–H groups in total. The molecule has 2 fully saturated rings. The van der Waals surface area contributed by atoms with Crippen molar-refractivity contribution in [2.24, 2.45) is 18.9 Å². The summed E-state index contributed by atoms with van der Waals surface area (Å²) in [5, 5.41) is 14.2. The van der Waals surface area contributed by atoms with Gasteiger partial charge in [-0.05, 0) is 18.8 Å². The Morgan fingerprint density at radius 2 is 2.25 bits per heavy atom. The van der Waals surface area contributed by atoms with Crippen LogP contribution in [0.4, 0.5) is 11.5 Å². The fourth-order valence-electron chi connectivity index (χ4n) is 3.15. The molecule has 0 spiro atoms. The van der Waals surface area contributed by atoms with Gasteiger partial charge in [-0.25, -0.2) is 0 Å². The van der Waals surface area contributed by atoms with Crippen molar-refractivity contribution in [3.8, 4) is 0 Å². The van der Waals surface area contributed by atoms with E-state index < -0.39 is 0 Å². The number of aryl methyl sites for hydroxylation is 1. The molecule has 3 atom stereocenters. The van der Waals surface area contributed by atoms with Gasteiger partial charge < -0.3 is 15.7 Å². The highest BCUT2D eigenvalue weighted by atomic mass is 16.3. The molecule has 16 heavy (non-hydrogen) atoms. The van der Waals surface area contributed by atoms with Crippen LogP contribution in [0.1, 0.15) is 12.8 Å². The Kier molecular flexibility index (Phi) is 2.10. The first kappa shape index (κ1) is 9.96. The lowest BCUT2D eigenvalue weighted by atomic mass is 10.00. The summed E-state index contributed by atoms with van der Waals surface area (Å²) in [5.74, 6) is 1.92. The SMILES string of the molecule is Cn1cc(N)c(N2CC3CCC(O)C3C2)n1. The van der Waals surface area contributed by atoms with Gasteiger partial charge in [0.2, 0.25) is 0 Å². The van der Waals surface area contributed by atoms with E-state index in [0.717, 1.165) is 37.4 Å². The van der Waals surface area contributed by atoms with Crippen molar-refractivity contribution in [1.29, 1.82) is 0 Å². The molecule has 0 radical (unpaired) electrons. The molecule has 2 heterocycles. The fourth-order valence-corrected chi connectivity index (χ4v) is 3.15. The molecule has 0 bridgehead atoms. The van der Waals surface area contributed by atoms with Gasteiger partial charge in [0.15, 0.2) is 5.82 Å². The Hall–Kier alpha value is -1.23. The highest BCUT2D eigenvalue weighted by Crippen LogP contribution is 2.40. The highest BCUT2D eigenvalue weighted by molar-refractivity contribution is 5.62. The zero-order valence-corrected chi connectivity index (χ0v) is 9.50. The Labute approximate surface area is 94.8 Å². The molecule has 3 rings (SSSR count). The molecular weight excluding hydrogens is 204 g/mol. The summed E-state index contributed by atoms with van der Waals surface area (Å²) >= 11 is 0. The van der Waals surface area contributed by atoms with E-state index in [2.05, 4.69) is 10.00 Å². The molecule has 1 saturated carbocycles. The molecular formula is C11H18N4O. The van der Waals surface area contributed by atoms with Crippen molar-refractivity contribution in [1.82, 2.24) is 9.78 Å². The Morgan fingerprint density at radius 3 is 2.88 bits per heavy atom. The number of hydrogen-bond acceptors (Lipinski definition) is 4. The minimum absolute atomic E-state index is 0.125. The quantitative estimate of drug-likeness (QED) is 0.713.